The van der Waals surface area contributed by atoms with Crippen LogP contribution in [0.4, 0.5) is 0 Å². The quantitative estimate of drug-likeness (QED) is 0.475. The van der Waals surface area contributed by atoms with Gasteiger partial charge in [-0.05, 0) is 24.3 Å². The Hall–Kier alpha value is -3.28. The second kappa shape index (κ2) is 4.11. The molecule has 0 atom stereocenters. The van der Waals surface area contributed by atoms with E-state index in [2.05, 4.69) is 20.3 Å². The van der Waals surface area contributed by atoms with Crippen molar-refractivity contribution in [3.63, 3.8) is 0 Å². The molecule has 0 radical (unpaired) electrons. The molecule has 0 spiro atoms. The van der Waals surface area contributed by atoms with Gasteiger partial charge in [0, 0.05) is 0 Å². The van der Waals surface area contributed by atoms with Crippen LogP contribution >= 0.6 is 0 Å². The third kappa shape index (κ3) is 1.43. The Morgan fingerprint density at radius 2 is 1.64 bits per heavy atom. The fourth-order valence-corrected chi connectivity index (χ4v) is 2.72. The van der Waals surface area contributed by atoms with Crippen LogP contribution in [0.2, 0.25) is 0 Å². The Bertz CT molecular complexity index is 1120. The molecule has 0 aliphatic rings. The van der Waals surface area contributed by atoms with Crippen molar-refractivity contribution < 1.29 is 0 Å². The van der Waals surface area contributed by atoms with E-state index in [-0.39, 0.29) is 0 Å². The fourth-order valence-electron chi connectivity index (χ4n) is 2.72. The zero-order valence-corrected chi connectivity index (χ0v) is 11.5. The number of hydrogen-bond acceptors (Lipinski definition) is 4. The molecule has 0 bridgehead atoms. The zero-order chi connectivity index (χ0) is 14.5. The third-order valence-corrected chi connectivity index (χ3v) is 3.75. The number of rotatable bonds is 1. The molecule has 0 amide bonds. The predicted octanol–water partition coefficient (Wildman–Crippen LogP) is 2.62. The minimum absolute atomic E-state index is 0.697. The average molecular weight is 286 g/mol. The van der Waals surface area contributed by atoms with Crippen molar-refractivity contribution >= 4 is 27.8 Å². The Kier molecular flexibility index (Phi) is 2.13. The summed E-state index contributed by atoms with van der Waals surface area (Å²) in [6.45, 7) is 0. The van der Waals surface area contributed by atoms with Crippen LogP contribution in [0, 0.1) is 0 Å². The lowest BCUT2D eigenvalue weighted by Crippen LogP contribution is -1.98. The van der Waals surface area contributed by atoms with Crippen LogP contribution in [-0.2, 0) is 0 Å². The Balaban J connectivity index is 1.89. The first kappa shape index (κ1) is 11.4. The first-order chi connectivity index (χ1) is 10.9. The number of para-hydroxylation sites is 3. The maximum absolute atomic E-state index is 4.66. The second-order valence-corrected chi connectivity index (χ2v) is 5.05. The van der Waals surface area contributed by atoms with E-state index in [0.717, 1.165) is 22.4 Å². The number of fused-ring (bicyclic) bond motifs is 5. The summed E-state index contributed by atoms with van der Waals surface area (Å²) in [7, 11) is 0. The van der Waals surface area contributed by atoms with Gasteiger partial charge in [0.05, 0.1) is 16.7 Å². The highest BCUT2D eigenvalue weighted by molar-refractivity contribution is 5.92. The van der Waals surface area contributed by atoms with Gasteiger partial charge in [0.2, 0.25) is 0 Å². The highest BCUT2D eigenvalue weighted by Crippen LogP contribution is 2.22. The summed E-state index contributed by atoms with van der Waals surface area (Å²) in [5.74, 6) is 0. The molecule has 0 aliphatic carbocycles. The number of nitrogens with zero attached hydrogens (tertiary/aromatic N) is 6. The summed E-state index contributed by atoms with van der Waals surface area (Å²) in [6.07, 6.45) is 1.77. The molecule has 3 aromatic heterocycles. The van der Waals surface area contributed by atoms with Crippen molar-refractivity contribution in [3.8, 4) is 5.69 Å². The van der Waals surface area contributed by atoms with Crippen molar-refractivity contribution in [2.45, 2.75) is 0 Å². The summed E-state index contributed by atoms with van der Waals surface area (Å²) >= 11 is 0. The minimum Gasteiger partial charge on any atom is -0.281 e. The van der Waals surface area contributed by atoms with Gasteiger partial charge in [0.1, 0.15) is 6.33 Å². The van der Waals surface area contributed by atoms with Crippen molar-refractivity contribution in [1.82, 2.24) is 29.4 Å². The van der Waals surface area contributed by atoms with Gasteiger partial charge < -0.3 is 0 Å². The van der Waals surface area contributed by atoms with Crippen LogP contribution < -0.4 is 0 Å². The van der Waals surface area contributed by atoms with Gasteiger partial charge in [-0.15, -0.1) is 5.10 Å². The van der Waals surface area contributed by atoms with E-state index in [0.29, 0.717) is 11.2 Å². The Labute approximate surface area is 124 Å². The first-order valence-electron chi connectivity index (χ1n) is 6.94. The van der Waals surface area contributed by atoms with Gasteiger partial charge in [-0.1, -0.05) is 35.5 Å². The van der Waals surface area contributed by atoms with E-state index in [1.807, 2.05) is 59.0 Å². The highest BCUT2D eigenvalue weighted by atomic mass is 15.4. The summed E-state index contributed by atoms with van der Waals surface area (Å²) in [4.78, 5) is 9.19. The lowest BCUT2D eigenvalue weighted by molar-refractivity contribution is 0.817. The molecule has 6 nitrogen and oxygen atoms in total. The molecule has 0 aliphatic heterocycles. The van der Waals surface area contributed by atoms with Crippen LogP contribution in [0.3, 0.4) is 0 Å². The Morgan fingerprint density at radius 1 is 0.818 bits per heavy atom. The largest absolute Gasteiger partial charge is 0.281 e. The van der Waals surface area contributed by atoms with E-state index < -0.39 is 0 Å². The molecule has 5 rings (SSSR count). The summed E-state index contributed by atoms with van der Waals surface area (Å²) < 4.78 is 3.68. The van der Waals surface area contributed by atoms with E-state index in [9.17, 15) is 0 Å². The number of hydrogen-bond donors (Lipinski definition) is 0. The van der Waals surface area contributed by atoms with E-state index >= 15 is 0 Å². The summed E-state index contributed by atoms with van der Waals surface area (Å²) in [6, 6.07) is 17.8. The first-order valence-corrected chi connectivity index (χ1v) is 6.94. The smallest absolute Gasteiger partial charge is 0.188 e. The van der Waals surface area contributed by atoms with Crippen LogP contribution in [0.5, 0.6) is 0 Å². The SMILES string of the molecule is c1ccc(-n2nnc3c2ncn2c4ccccc4nc32)cc1. The van der Waals surface area contributed by atoms with Crippen molar-refractivity contribution in [3.05, 3.63) is 60.9 Å². The van der Waals surface area contributed by atoms with Gasteiger partial charge in [-0.2, -0.15) is 4.68 Å². The molecular weight excluding hydrogens is 276 g/mol. The van der Waals surface area contributed by atoms with Crippen molar-refractivity contribution in [2.24, 2.45) is 0 Å². The molecule has 3 heterocycles. The number of aromatic nitrogens is 6. The molecular formula is C16H10N6. The maximum Gasteiger partial charge on any atom is 0.188 e. The minimum atomic E-state index is 0.697. The van der Waals surface area contributed by atoms with Gasteiger partial charge >= 0.3 is 0 Å². The van der Waals surface area contributed by atoms with Gasteiger partial charge in [0.25, 0.3) is 0 Å². The van der Waals surface area contributed by atoms with Crippen LogP contribution in [0.25, 0.3) is 33.5 Å². The van der Waals surface area contributed by atoms with Crippen molar-refractivity contribution in [1.29, 1.82) is 0 Å². The molecule has 22 heavy (non-hydrogen) atoms. The lowest BCUT2D eigenvalue weighted by Gasteiger charge is -2.00. The lowest BCUT2D eigenvalue weighted by atomic mass is 10.3. The van der Waals surface area contributed by atoms with E-state index in [4.69, 9.17) is 0 Å². The molecule has 0 N–H and O–H groups in total. The maximum atomic E-state index is 4.66. The molecule has 0 saturated carbocycles. The van der Waals surface area contributed by atoms with Gasteiger partial charge in [-0.25, -0.2) is 9.97 Å². The zero-order valence-electron chi connectivity index (χ0n) is 11.5. The average Bonchev–Trinajstić information content (AvgIpc) is 3.16. The third-order valence-electron chi connectivity index (χ3n) is 3.75. The van der Waals surface area contributed by atoms with Crippen molar-refractivity contribution in [2.75, 3.05) is 0 Å². The normalized spacial score (nSPS) is 11.6. The Morgan fingerprint density at radius 3 is 2.55 bits per heavy atom. The van der Waals surface area contributed by atoms with E-state index in [1.165, 1.54) is 0 Å². The fraction of sp³-hybridized carbons (Fsp3) is 0. The summed E-state index contributed by atoms with van der Waals surface area (Å²) in [5.41, 5.74) is 5.04. The molecule has 0 unspecified atom stereocenters. The van der Waals surface area contributed by atoms with Crippen LogP contribution in [-0.4, -0.2) is 29.4 Å². The topological polar surface area (TPSA) is 60.9 Å². The second-order valence-electron chi connectivity index (χ2n) is 5.05. The number of imidazole rings is 1. The molecule has 5 aromatic rings. The number of benzene rings is 2. The van der Waals surface area contributed by atoms with Crippen LogP contribution in [0.15, 0.2) is 60.9 Å². The van der Waals surface area contributed by atoms with Gasteiger partial charge in [0.15, 0.2) is 16.8 Å². The molecule has 104 valence electrons. The van der Waals surface area contributed by atoms with E-state index in [1.54, 1.807) is 11.0 Å². The molecule has 0 fully saturated rings. The molecule has 0 saturated heterocycles. The van der Waals surface area contributed by atoms with Crippen LogP contribution in [0.1, 0.15) is 0 Å². The molecule has 6 heteroatoms. The predicted molar refractivity (Wildman–Crippen MR) is 82.9 cm³/mol. The summed E-state index contributed by atoms with van der Waals surface area (Å²) in [5, 5.41) is 8.52. The molecule has 2 aromatic carbocycles. The van der Waals surface area contributed by atoms with Gasteiger partial charge in [-0.3, -0.25) is 4.40 Å². The highest BCUT2D eigenvalue weighted by Gasteiger charge is 2.14. The monoisotopic (exact) mass is 286 g/mol. The standard InChI is InChI=1S/C16H10N6/c1-2-6-11(7-3-1)22-15-14(19-20-22)16-18-12-8-4-5-9-13(12)21(16)10-17-15/h1-10H.